The number of aryl methyl sites for hydroxylation is 2. The van der Waals surface area contributed by atoms with Gasteiger partial charge in [-0.2, -0.15) is 0 Å². The molecule has 0 aromatic carbocycles. The lowest BCUT2D eigenvalue weighted by Crippen LogP contribution is -2.09. The molecular formula is C15H17N3S. The third kappa shape index (κ3) is 2.32. The van der Waals surface area contributed by atoms with Crippen LogP contribution in [0.4, 0.5) is 0 Å². The standard InChI is InChI=1S/C15H17N3S/c1-2-10-6-5-9-16-13(10)14-17-12-8-4-3-7-11(12)15(19)18-14/h5-6,9H,2-4,7-8H2,1H3,(H,17,18,19). The second-order valence-electron chi connectivity index (χ2n) is 4.92. The number of hydrogen-bond donors (Lipinski definition) is 1. The van der Waals surface area contributed by atoms with Gasteiger partial charge < -0.3 is 4.98 Å². The second kappa shape index (κ2) is 5.21. The molecule has 1 N–H and O–H groups in total. The summed E-state index contributed by atoms with van der Waals surface area (Å²) in [5.74, 6) is 0.822. The van der Waals surface area contributed by atoms with Crippen LogP contribution < -0.4 is 0 Å². The van der Waals surface area contributed by atoms with Gasteiger partial charge in [0.25, 0.3) is 0 Å². The van der Waals surface area contributed by atoms with Crippen molar-refractivity contribution in [1.29, 1.82) is 0 Å². The summed E-state index contributed by atoms with van der Waals surface area (Å²) < 4.78 is 0.746. The van der Waals surface area contributed by atoms with Gasteiger partial charge in [0.1, 0.15) is 10.3 Å². The van der Waals surface area contributed by atoms with Crippen molar-refractivity contribution < 1.29 is 0 Å². The van der Waals surface area contributed by atoms with Gasteiger partial charge in [-0.25, -0.2) is 4.98 Å². The summed E-state index contributed by atoms with van der Waals surface area (Å²) in [6.07, 6.45) is 7.33. The minimum Gasteiger partial charge on any atom is -0.342 e. The van der Waals surface area contributed by atoms with Crippen LogP contribution in [-0.4, -0.2) is 15.0 Å². The fraction of sp³-hybridized carbons (Fsp3) is 0.400. The van der Waals surface area contributed by atoms with Gasteiger partial charge in [-0.05, 0) is 43.7 Å². The average molecular weight is 271 g/mol. The monoisotopic (exact) mass is 271 g/mol. The lowest BCUT2D eigenvalue weighted by atomic mass is 9.97. The molecule has 1 aliphatic rings. The van der Waals surface area contributed by atoms with Crippen molar-refractivity contribution in [3.8, 4) is 11.5 Å². The molecule has 0 atom stereocenters. The van der Waals surface area contributed by atoms with E-state index in [1.54, 1.807) is 0 Å². The maximum Gasteiger partial charge on any atom is 0.158 e. The second-order valence-corrected chi connectivity index (χ2v) is 5.31. The maximum absolute atomic E-state index is 5.45. The molecule has 4 heteroatoms. The highest BCUT2D eigenvalue weighted by Gasteiger charge is 2.15. The van der Waals surface area contributed by atoms with Gasteiger partial charge in [0.2, 0.25) is 0 Å². The number of aromatic amines is 1. The molecule has 0 fully saturated rings. The minimum absolute atomic E-state index is 0.746. The number of aromatic nitrogens is 3. The fourth-order valence-electron chi connectivity index (χ4n) is 2.67. The number of H-pyrrole nitrogens is 1. The predicted octanol–water partition coefficient (Wildman–Crippen LogP) is 3.64. The van der Waals surface area contributed by atoms with Gasteiger partial charge >= 0.3 is 0 Å². The zero-order chi connectivity index (χ0) is 13.2. The molecule has 1 aliphatic carbocycles. The van der Waals surface area contributed by atoms with Gasteiger partial charge in [0.05, 0.1) is 0 Å². The summed E-state index contributed by atoms with van der Waals surface area (Å²) >= 11 is 5.45. The predicted molar refractivity (Wildman–Crippen MR) is 78.7 cm³/mol. The molecule has 0 aliphatic heterocycles. The van der Waals surface area contributed by atoms with E-state index < -0.39 is 0 Å². The van der Waals surface area contributed by atoms with Gasteiger partial charge in [0.15, 0.2) is 5.82 Å². The molecule has 2 aromatic heterocycles. The van der Waals surface area contributed by atoms with Gasteiger partial charge in [-0.3, -0.25) is 4.98 Å². The molecule has 3 nitrogen and oxygen atoms in total. The Morgan fingerprint density at radius 2 is 2.16 bits per heavy atom. The first-order chi connectivity index (χ1) is 9.29. The number of nitrogens with one attached hydrogen (secondary N) is 1. The van der Waals surface area contributed by atoms with E-state index in [4.69, 9.17) is 12.2 Å². The summed E-state index contributed by atoms with van der Waals surface area (Å²) in [5.41, 5.74) is 4.63. The molecular weight excluding hydrogens is 254 g/mol. The Bertz CT molecular complexity index is 661. The largest absolute Gasteiger partial charge is 0.342 e. The molecule has 19 heavy (non-hydrogen) atoms. The summed E-state index contributed by atoms with van der Waals surface area (Å²) in [5, 5.41) is 0. The van der Waals surface area contributed by atoms with Crippen molar-refractivity contribution in [2.24, 2.45) is 0 Å². The molecule has 0 saturated heterocycles. The van der Waals surface area contributed by atoms with E-state index in [2.05, 4.69) is 27.9 Å². The average Bonchev–Trinajstić information content (AvgIpc) is 2.47. The molecule has 0 spiro atoms. The summed E-state index contributed by atoms with van der Waals surface area (Å²) in [4.78, 5) is 12.5. The number of nitrogens with zero attached hydrogens (tertiary/aromatic N) is 2. The van der Waals surface area contributed by atoms with E-state index in [9.17, 15) is 0 Å². The Kier molecular flexibility index (Phi) is 3.42. The Morgan fingerprint density at radius 3 is 3.00 bits per heavy atom. The van der Waals surface area contributed by atoms with Crippen molar-refractivity contribution in [2.75, 3.05) is 0 Å². The van der Waals surface area contributed by atoms with E-state index >= 15 is 0 Å². The minimum atomic E-state index is 0.746. The quantitative estimate of drug-likeness (QED) is 0.848. The molecule has 0 bridgehead atoms. The number of hydrogen-bond acceptors (Lipinski definition) is 3. The van der Waals surface area contributed by atoms with Crippen LogP contribution in [0, 0.1) is 4.64 Å². The Balaban J connectivity index is 2.16. The molecule has 2 heterocycles. The zero-order valence-corrected chi connectivity index (χ0v) is 11.9. The molecule has 0 amide bonds. The van der Waals surface area contributed by atoms with Crippen LogP contribution >= 0.6 is 12.2 Å². The molecule has 0 unspecified atom stereocenters. The highest BCUT2D eigenvalue weighted by molar-refractivity contribution is 7.71. The van der Waals surface area contributed by atoms with Crippen molar-refractivity contribution in [3.05, 3.63) is 39.8 Å². The van der Waals surface area contributed by atoms with Gasteiger partial charge in [-0.1, -0.05) is 25.2 Å². The van der Waals surface area contributed by atoms with Crippen molar-refractivity contribution in [2.45, 2.75) is 39.0 Å². The van der Waals surface area contributed by atoms with E-state index in [1.165, 1.54) is 29.7 Å². The highest BCUT2D eigenvalue weighted by atomic mass is 32.1. The Labute approximate surface area is 118 Å². The first-order valence-corrected chi connectivity index (χ1v) is 7.26. The molecule has 3 rings (SSSR count). The normalized spacial score (nSPS) is 14.2. The molecule has 2 aromatic rings. The Hall–Kier alpha value is -1.55. The van der Waals surface area contributed by atoms with E-state index in [1.807, 2.05) is 12.3 Å². The Morgan fingerprint density at radius 1 is 1.32 bits per heavy atom. The molecule has 0 saturated carbocycles. The van der Waals surface area contributed by atoms with Gasteiger partial charge in [-0.15, -0.1) is 0 Å². The topological polar surface area (TPSA) is 41.6 Å². The lowest BCUT2D eigenvalue weighted by molar-refractivity contribution is 0.661. The van der Waals surface area contributed by atoms with Crippen LogP contribution in [0.3, 0.4) is 0 Å². The summed E-state index contributed by atoms with van der Waals surface area (Å²) in [6.45, 7) is 2.13. The lowest BCUT2D eigenvalue weighted by Gasteiger charge is -2.16. The fourth-order valence-corrected chi connectivity index (χ4v) is 2.99. The molecule has 98 valence electrons. The first-order valence-electron chi connectivity index (χ1n) is 6.86. The van der Waals surface area contributed by atoms with Crippen LogP contribution in [-0.2, 0) is 19.3 Å². The van der Waals surface area contributed by atoms with Crippen LogP contribution in [0.2, 0.25) is 0 Å². The third-order valence-corrected chi connectivity index (χ3v) is 4.04. The third-order valence-electron chi connectivity index (χ3n) is 3.71. The van der Waals surface area contributed by atoms with E-state index in [0.717, 1.165) is 35.4 Å². The maximum atomic E-state index is 5.45. The van der Waals surface area contributed by atoms with E-state index in [0.29, 0.717) is 0 Å². The van der Waals surface area contributed by atoms with Gasteiger partial charge in [0, 0.05) is 17.5 Å². The SMILES string of the molecule is CCc1cccnc1-c1nc(=S)c2c([nH]1)CCCC2. The number of rotatable bonds is 2. The van der Waals surface area contributed by atoms with Crippen LogP contribution in [0.5, 0.6) is 0 Å². The first kappa shape index (κ1) is 12.5. The number of fused-ring (bicyclic) bond motifs is 1. The van der Waals surface area contributed by atoms with Crippen molar-refractivity contribution in [3.63, 3.8) is 0 Å². The highest BCUT2D eigenvalue weighted by Crippen LogP contribution is 2.24. The molecule has 0 radical (unpaired) electrons. The van der Waals surface area contributed by atoms with Crippen LogP contribution in [0.1, 0.15) is 36.6 Å². The smallest absolute Gasteiger partial charge is 0.158 e. The summed E-state index contributed by atoms with van der Waals surface area (Å²) in [6, 6.07) is 4.07. The van der Waals surface area contributed by atoms with Crippen molar-refractivity contribution in [1.82, 2.24) is 15.0 Å². The van der Waals surface area contributed by atoms with Crippen LogP contribution in [0.15, 0.2) is 18.3 Å². The van der Waals surface area contributed by atoms with E-state index in [-0.39, 0.29) is 0 Å². The summed E-state index contributed by atoms with van der Waals surface area (Å²) in [7, 11) is 0. The zero-order valence-electron chi connectivity index (χ0n) is 11.1. The van der Waals surface area contributed by atoms with Crippen molar-refractivity contribution >= 4 is 12.2 Å². The number of pyridine rings is 1. The van der Waals surface area contributed by atoms with Crippen LogP contribution in [0.25, 0.3) is 11.5 Å².